The average Bonchev–Trinajstić information content (AvgIpc) is 3.30. The Bertz CT molecular complexity index is 1680. The zero-order valence-electron chi connectivity index (χ0n) is 21.4. The van der Waals surface area contributed by atoms with E-state index in [4.69, 9.17) is 4.74 Å². The molecule has 2 nitrogen and oxygen atoms in total. The Kier molecular flexibility index (Phi) is 5.40. The Morgan fingerprint density at radius 1 is 0.632 bits per heavy atom. The minimum Gasteiger partial charge on any atom is -0.477 e. The second kappa shape index (κ2) is 9.08. The molecule has 0 aliphatic carbocycles. The van der Waals surface area contributed by atoms with Crippen LogP contribution < -0.4 is 4.74 Å². The van der Waals surface area contributed by atoms with Crippen molar-refractivity contribution in [1.82, 2.24) is 4.57 Å². The fraction of sp³-hybridized carbons (Fsp3) is 0.111. The number of benzene rings is 5. The van der Waals surface area contributed by atoms with Crippen molar-refractivity contribution in [2.75, 3.05) is 0 Å². The van der Waals surface area contributed by atoms with Gasteiger partial charge < -0.3 is 9.30 Å². The van der Waals surface area contributed by atoms with Gasteiger partial charge in [-0.1, -0.05) is 127 Å². The summed E-state index contributed by atoms with van der Waals surface area (Å²) >= 11 is 0. The summed E-state index contributed by atoms with van der Waals surface area (Å²) in [6, 6.07) is 49.7. The van der Waals surface area contributed by atoms with E-state index < -0.39 is 5.60 Å². The third kappa shape index (κ3) is 3.48. The van der Waals surface area contributed by atoms with Crippen LogP contribution in [0, 0.1) is 0 Å². The van der Waals surface area contributed by atoms with Gasteiger partial charge in [0.1, 0.15) is 5.75 Å². The highest BCUT2D eigenvalue weighted by molar-refractivity contribution is 5.93. The summed E-state index contributed by atoms with van der Waals surface area (Å²) in [5.41, 5.74) is 8.07. The maximum absolute atomic E-state index is 7.10. The number of nitrogens with zero attached hydrogens (tertiary/aromatic N) is 1. The number of hydrogen-bond acceptors (Lipinski definition) is 1. The first-order chi connectivity index (χ1) is 18.8. The van der Waals surface area contributed by atoms with Crippen molar-refractivity contribution in [3.05, 3.63) is 162 Å². The molecule has 6 aromatic rings. The summed E-state index contributed by atoms with van der Waals surface area (Å²) in [4.78, 5) is 0. The highest BCUT2D eigenvalue weighted by Crippen LogP contribution is 2.54. The van der Waals surface area contributed by atoms with E-state index in [0.717, 1.165) is 12.2 Å². The lowest BCUT2D eigenvalue weighted by Crippen LogP contribution is -2.40. The molecule has 0 fully saturated rings. The largest absolute Gasteiger partial charge is 0.477 e. The highest BCUT2D eigenvalue weighted by atomic mass is 16.5. The van der Waals surface area contributed by atoms with Gasteiger partial charge in [-0.15, -0.1) is 0 Å². The Morgan fingerprint density at radius 3 is 1.87 bits per heavy atom. The first-order valence-electron chi connectivity index (χ1n) is 13.3. The Hall–Kier alpha value is -4.56. The van der Waals surface area contributed by atoms with Gasteiger partial charge in [0.05, 0.1) is 5.69 Å². The lowest BCUT2D eigenvalue weighted by Gasteiger charge is -2.43. The van der Waals surface area contributed by atoms with Gasteiger partial charge in [-0.25, -0.2) is 0 Å². The van der Waals surface area contributed by atoms with Gasteiger partial charge in [-0.05, 0) is 34.4 Å². The Labute approximate surface area is 223 Å². The van der Waals surface area contributed by atoms with E-state index in [1.54, 1.807) is 0 Å². The van der Waals surface area contributed by atoms with Crippen molar-refractivity contribution in [3.8, 4) is 17.0 Å². The van der Waals surface area contributed by atoms with E-state index in [-0.39, 0.29) is 5.92 Å². The minimum absolute atomic E-state index is 0.127. The number of rotatable bonds is 4. The molecule has 0 amide bonds. The average molecular weight is 492 g/mol. The molecule has 1 aliphatic rings. The van der Waals surface area contributed by atoms with Gasteiger partial charge in [-0.2, -0.15) is 0 Å². The number of para-hydroxylation sites is 2. The molecule has 1 aliphatic heterocycles. The van der Waals surface area contributed by atoms with Crippen molar-refractivity contribution in [1.29, 1.82) is 0 Å². The van der Waals surface area contributed by atoms with Crippen LogP contribution in [0.3, 0.4) is 0 Å². The smallest absolute Gasteiger partial charge is 0.160 e. The molecule has 5 aromatic carbocycles. The molecule has 0 bridgehead atoms. The number of hydrogen-bond donors (Lipinski definition) is 0. The van der Waals surface area contributed by atoms with Crippen molar-refractivity contribution < 1.29 is 4.74 Å². The number of aromatic nitrogens is 1. The van der Waals surface area contributed by atoms with Gasteiger partial charge in [0.15, 0.2) is 5.60 Å². The SMILES string of the molecule is Cn1c(-c2ccccc2)c(C2CC(c3ccccc3)(c3ccccc3)Oc3ccccc32)c2ccccc21. The van der Waals surface area contributed by atoms with Crippen LogP contribution in [0.5, 0.6) is 5.75 Å². The summed E-state index contributed by atoms with van der Waals surface area (Å²) in [5.74, 6) is 1.07. The third-order valence-corrected chi connectivity index (χ3v) is 8.09. The second-order valence-corrected chi connectivity index (χ2v) is 10.2. The summed E-state index contributed by atoms with van der Waals surface area (Å²) in [6.45, 7) is 0. The third-order valence-electron chi connectivity index (χ3n) is 8.09. The number of aryl methyl sites for hydroxylation is 1. The van der Waals surface area contributed by atoms with Crippen LogP contribution in [0.4, 0.5) is 0 Å². The minimum atomic E-state index is -0.619. The van der Waals surface area contributed by atoms with Crippen LogP contribution in [0.2, 0.25) is 0 Å². The molecular formula is C36H29NO. The topological polar surface area (TPSA) is 14.2 Å². The maximum atomic E-state index is 7.10. The lowest BCUT2D eigenvalue weighted by atomic mass is 9.72. The quantitative estimate of drug-likeness (QED) is 0.241. The normalized spacial score (nSPS) is 16.1. The second-order valence-electron chi connectivity index (χ2n) is 10.2. The van der Waals surface area contributed by atoms with Crippen LogP contribution in [0.15, 0.2) is 140 Å². The number of ether oxygens (including phenoxy) is 1. The molecule has 38 heavy (non-hydrogen) atoms. The molecule has 0 radical (unpaired) electrons. The van der Waals surface area contributed by atoms with Gasteiger partial charge in [0, 0.05) is 35.9 Å². The molecule has 2 heteroatoms. The first-order valence-corrected chi connectivity index (χ1v) is 13.3. The van der Waals surface area contributed by atoms with Crippen LogP contribution in [0.1, 0.15) is 34.6 Å². The molecule has 0 spiro atoms. The summed E-state index contributed by atoms with van der Waals surface area (Å²) in [5, 5.41) is 1.30. The Balaban J connectivity index is 1.55. The fourth-order valence-corrected chi connectivity index (χ4v) is 6.40. The molecular weight excluding hydrogens is 462 g/mol. The zero-order valence-corrected chi connectivity index (χ0v) is 21.4. The van der Waals surface area contributed by atoms with Gasteiger partial charge in [0.25, 0.3) is 0 Å². The van der Waals surface area contributed by atoms with Crippen molar-refractivity contribution in [2.45, 2.75) is 17.9 Å². The van der Waals surface area contributed by atoms with Gasteiger partial charge in [0.2, 0.25) is 0 Å². The van der Waals surface area contributed by atoms with E-state index >= 15 is 0 Å². The van der Waals surface area contributed by atoms with Crippen molar-refractivity contribution in [2.24, 2.45) is 7.05 Å². The van der Waals surface area contributed by atoms with Crippen molar-refractivity contribution >= 4 is 10.9 Å². The summed E-state index contributed by atoms with van der Waals surface area (Å²) < 4.78 is 9.47. The van der Waals surface area contributed by atoms with E-state index in [1.165, 1.54) is 44.4 Å². The van der Waals surface area contributed by atoms with Crippen LogP contribution in [-0.4, -0.2) is 4.57 Å². The molecule has 7 rings (SSSR count). The molecule has 0 saturated carbocycles. The molecule has 2 heterocycles. The van der Waals surface area contributed by atoms with Crippen LogP contribution >= 0.6 is 0 Å². The predicted octanol–water partition coefficient (Wildman–Crippen LogP) is 8.70. The van der Waals surface area contributed by atoms with Crippen LogP contribution in [0.25, 0.3) is 22.2 Å². The van der Waals surface area contributed by atoms with Crippen molar-refractivity contribution in [3.63, 3.8) is 0 Å². The lowest BCUT2D eigenvalue weighted by molar-refractivity contribution is 0.0778. The monoisotopic (exact) mass is 491 g/mol. The van der Waals surface area contributed by atoms with Gasteiger partial charge in [-0.3, -0.25) is 0 Å². The number of fused-ring (bicyclic) bond motifs is 2. The van der Waals surface area contributed by atoms with E-state index in [2.05, 4.69) is 151 Å². The molecule has 1 atom stereocenters. The first kappa shape index (κ1) is 22.6. The predicted molar refractivity (Wildman–Crippen MR) is 156 cm³/mol. The van der Waals surface area contributed by atoms with E-state index in [9.17, 15) is 0 Å². The standard InChI is InChI=1S/C36H29NO/c1-37-32-23-13-11-22-30(32)34(35(37)26-15-5-2-6-16-26)31-25-36(27-17-7-3-8-18-27,28-19-9-4-10-20-28)38-33-24-14-12-21-29(31)33/h2-24,31H,25H2,1H3. The fourth-order valence-electron chi connectivity index (χ4n) is 6.40. The molecule has 1 unspecified atom stereocenters. The molecule has 1 aromatic heterocycles. The maximum Gasteiger partial charge on any atom is 0.160 e. The summed E-state index contributed by atoms with van der Waals surface area (Å²) in [7, 11) is 2.20. The van der Waals surface area contributed by atoms with Crippen LogP contribution in [-0.2, 0) is 12.6 Å². The summed E-state index contributed by atoms with van der Waals surface area (Å²) in [6.07, 6.45) is 0.798. The molecule has 184 valence electrons. The van der Waals surface area contributed by atoms with E-state index in [0.29, 0.717) is 0 Å². The molecule has 0 N–H and O–H groups in total. The molecule has 0 saturated heterocycles. The zero-order chi connectivity index (χ0) is 25.5. The highest BCUT2D eigenvalue weighted by Gasteiger charge is 2.45. The Morgan fingerprint density at radius 2 is 1.18 bits per heavy atom. The van der Waals surface area contributed by atoms with Gasteiger partial charge >= 0.3 is 0 Å². The van der Waals surface area contributed by atoms with E-state index in [1.807, 2.05) is 0 Å².